The van der Waals surface area contributed by atoms with Crippen LogP contribution in [0.25, 0.3) is 0 Å². The first-order valence-electron chi connectivity index (χ1n) is 5.21. The molecule has 0 saturated heterocycles. The average Bonchev–Trinajstić information content (AvgIpc) is 2.27. The lowest BCUT2D eigenvalue weighted by molar-refractivity contribution is -0.126. The van der Waals surface area contributed by atoms with Crippen molar-refractivity contribution in [2.75, 3.05) is 0 Å². The zero-order valence-corrected chi connectivity index (χ0v) is 11.1. The van der Waals surface area contributed by atoms with Crippen molar-refractivity contribution in [1.82, 2.24) is 0 Å². The van der Waals surface area contributed by atoms with Gasteiger partial charge in [-0.1, -0.05) is 0 Å². The van der Waals surface area contributed by atoms with Gasteiger partial charge < -0.3 is 0 Å². The maximum absolute atomic E-state index is 11.1. The predicted molar refractivity (Wildman–Crippen MR) is 65.9 cm³/mol. The Kier molecular flexibility index (Phi) is 4.62. The highest BCUT2D eigenvalue weighted by atomic mass is 32.2. The van der Waals surface area contributed by atoms with Crippen LogP contribution in [0.5, 0.6) is 0 Å². The van der Waals surface area contributed by atoms with Gasteiger partial charge in [0, 0.05) is 0 Å². The largest absolute Gasteiger partial charge is 0.297 e. The van der Waals surface area contributed by atoms with Crippen LogP contribution in [0.1, 0.15) is 13.8 Å². The highest BCUT2D eigenvalue weighted by molar-refractivity contribution is 7.85. The molecule has 1 aromatic rings. The minimum absolute atomic E-state index is 0.264. The van der Waals surface area contributed by atoms with E-state index in [4.69, 9.17) is 4.55 Å². The van der Waals surface area contributed by atoms with Gasteiger partial charge in [0.2, 0.25) is 0 Å². The molecule has 8 heteroatoms. The number of hydrogen-bond donors (Lipinski definition) is 1. The number of rotatable bonds is 5. The standard InChI is InChI=1S/C11H12N2O5S/c1-7(14)11(8(2)15)13-12-9-3-5-10(6-4-9)19(16,17)18/h3-6,11H,1-2H3,(H,16,17,18). The summed E-state index contributed by atoms with van der Waals surface area (Å²) in [6.07, 6.45) is 0. The molecule has 0 unspecified atom stereocenters. The van der Waals surface area contributed by atoms with Crippen LogP contribution in [-0.2, 0) is 19.7 Å². The van der Waals surface area contributed by atoms with Crippen molar-refractivity contribution >= 4 is 27.4 Å². The first kappa shape index (κ1) is 15.1. The summed E-state index contributed by atoms with van der Waals surface area (Å²) in [7, 11) is -4.26. The minimum atomic E-state index is -4.26. The number of carbonyl (C=O) groups excluding carboxylic acids is 2. The second kappa shape index (κ2) is 5.81. The summed E-state index contributed by atoms with van der Waals surface area (Å²) < 4.78 is 30.4. The monoisotopic (exact) mass is 284 g/mol. The maximum atomic E-state index is 11.1. The zero-order valence-electron chi connectivity index (χ0n) is 10.3. The maximum Gasteiger partial charge on any atom is 0.294 e. The molecule has 0 aromatic heterocycles. The third kappa shape index (κ3) is 4.34. The molecule has 1 rings (SSSR count). The normalized spacial score (nSPS) is 12.0. The molecule has 0 atom stereocenters. The van der Waals surface area contributed by atoms with E-state index in [9.17, 15) is 18.0 Å². The van der Waals surface area contributed by atoms with Gasteiger partial charge in [0.25, 0.3) is 10.1 Å². The van der Waals surface area contributed by atoms with E-state index >= 15 is 0 Å². The van der Waals surface area contributed by atoms with Crippen molar-refractivity contribution in [3.63, 3.8) is 0 Å². The van der Waals surface area contributed by atoms with Gasteiger partial charge in [0.1, 0.15) is 0 Å². The summed E-state index contributed by atoms with van der Waals surface area (Å²) in [5.41, 5.74) is 0.264. The van der Waals surface area contributed by atoms with E-state index < -0.39 is 27.7 Å². The van der Waals surface area contributed by atoms with Crippen LogP contribution in [-0.4, -0.2) is 30.6 Å². The van der Waals surface area contributed by atoms with Crippen LogP contribution in [0.2, 0.25) is 0 Å². The van der Waals surface area contributed by atoms with Crippen molar-refractivity contribution in [2.45, 2.75) is 24.8 Å². The Hall–Kier alpha value is -1.93. The Morgan fingerprint density at radius 3 is 1.95 bits per heavy atom. The second-order valence-electron chi connectivity index (χ2n) is 3.81. The molecule has 0 aliphatic rings. The molecule has 102 valence electrons. The molecule has 0 heterocycles. The van der Waals surface area contributed by atoms with Crippen molar-refractivity contribution in [1.29, 1.82) is 0 Å². The highest BCUT2D eigenvalue weighted by Gasteiger charge is 2.18. The van der Waals surface area contributed by atoms with E-state index in [0.29, 0.717) is 0 Å². The molecule has 0 saturated carbocycles. The molecule has 0 aliphatic carbocycles. The lowest BCUT2D eigenvalue weighted by Gasteiger charge is -2.02. The topological polar surface area (TPSA) is 113 Å². The Bertz CT molecular complexity index is 605. The van der Waals surface area contributed by atoms with Gasteiger partial charge in [-0.25, -0.2) is 0 Å². The highest BCUT2D eigenvalue weighted by Crippen LogP contribution is 2.17. The Morgan fingerprint density at radius 2 is 1.58 bits per heavy atom. The lowest BCUT2D eigenvalue weighted by atomic mass is 10.1. The molecule has 0 bridgehead atoms. The second-order valence-corrected chi connectivity index (χ2v) is 5.23. The molecule has 0 radical (unpaired) electrons. The van der Waals surface area contributed by atoms with E-state index in [-0.39, 0.29) is 10.6 Å². The molecule has 1 aromatic carbocycles. The number of ketones is 2. The fraction of sp³-hybridized carbons (Fsp3) is 0.273. The average molecular weight is 284 g/mol. The molecule has 0 spiro atoms. The predicted octanol–water partition coefficient (Wildman–Crippen LogP) is 1.56. The van der Waals surface area contributed by atoms with Crippen LogP contribution < -0.4 is 0 Å². The molecule has 1 N–H and O–H groups in total. The summed E-state index contributed by atoms with van der Waals surface area (Å²) >= 11 is 0. The smallest absolute Gasteiger partial charge is 0.294 e. The van der Waals surface area contributed by atoms with E-state index in [2.05, 4.69) is 10.2 Å². The molecule has 0 amide bonds. The van der Waals surface area contributed by atoms with Crippen LogP contribution in [0.3, 0.4) is 0 Å². The number of benzene rings is 1. The summed E-state index contributed by atoms with van der Waals surface area (Å²) in [6.45, 7) is 2.46. The number of hydrogen-bond acceptors (Lipinski definition) is 6. The van der Waals surface area contributed by atoms with E-state index in [1.165, 1.54) is 26.0 Å². The third-order valence-electron chi connectivity index (χ3n) is 2.19. The fourth-order valence-corrected chi connectivity index (χ4v) is 1.74. The van der Waals surface area contributed by atoms with Gasteiger partial charge in [-0.3, -0.25) is 14.1 Å². The summed E-state index contributed by atoms with van der Waals surface area (Å²) in [6, 6.07) is 3.72. The number of nitrogens with zero attached hydrogens (tertiary/aromatic N) is 2. The quantitative estimate of drug-likeness (QED) is 0.500. The summed E-state index contributed by atoms with van der Waals surface area (Å²) in [5.74, 6) is -0.850. The molecule has 19 heavy (non-hydrogen) atoms. The number of azo groups is 1. The van der Waals surface area contributed by atoms with Crippen molar-refractivity contribution in [2.24, 2.45) is 10.2 Å². The molecule has 7 nitrogen and oxygen atoms in total. The van der Waals surface area contributed by atoms with Crippen molar-refractivity contribution < 1.29 is 22.6 Å². The Balaban J connectivity index is 2.95. The van der Waals surface area contributed by atoms with Crippen LogP contribution >= 0.6 is 0 Å². The minimum Gasteiger partial charge on any atom is -0.297 e. The Morgan fingerprint density at radius 1 is 1.11 bits per heavy atom. The summed E-state index contributed by atoms with van der Waals surface area (Å²) in [4.78, 5) is 21.9. The van der Waals surface area contributed by atoms with E-state index in [1.807, 2.05) is 0 Å². The first-order chi connectivity index (χ1) is 8.71. The molecular weight excluding hydrogens is 272 g/mol. The van der Waals surface area contributed by atoms with Gasteiger partial charge >= 0.3 is 0 Å². The lowest BCUT2D eigenvalue weighted by Crippen LogP contribution is -2.23. The number of carbonyl (C=O) groups is 2. The Labute approximate surface area is 110 Å². The van der Waals surface area contributed by atoms with Crippen molar-refractivity contribution in [3.8, 4) is 0 Å². The van der Waals surface area contributed by atoms with Crippen LogP contribution in [0.4, 0.5) is 5.69 Å². The van der Waals surface area contributed by atoms with Gasteiger partial charge in [-0.05, 0) is 38.1 Å². The molecule has 0 fully saturated rings. The van der Waals surface area contributed by atoms with Crippen LogP contribution in [0, 0.1) is 0 Å². The van der Waals surface area contributed by atoms with Gasteiger partial charge in [0.05, 0.1) is 10.6 Å². The van der Waals surface area contributed by atoms with E-state index in [0.717, 1.165) is 12.1 Å². The fourth-order valence-electron chi connectivity index (χ4n) is 1.26. The SMILES string of the molecule is CC(=O)C(N=Nc1ccc(S(=O)(=O)O)cc1)C(C)=O. The zero-order chi connectivity index (χ0) is 14.6. The van der Waals surface area contributed by atoms with Crippen molar-refractivity contribution in [3.05, 3.63) is 24.3 Å². The van der Waals surface area contributed by atoms with E-state index in [1.54, 1.807) is 0 Å². The molecular formula is C11H12N2O5S. The number of Topliss-reactive ketones (excluding diaryl/α,β-unsaturated/α-hetero) is 2. The van der Waals surface area contributed by atoms with Gasteiger partial charge in [-0.2, -0.15) is 18.6 Å². The van der Waals surface area contributed by atoms with Gasteiger partial charge in [-0.15, -0.1) is 0 Å². The summed E-state index contributed by atoms with van der Waals surface area (Å²) in [5, 5.41) is 7.28. The molecule has 0 aliphatic heterocycles. The first-order valence-corrected chi connectivity index (χ1v) is 6.65. The van der Waals surface area contributed by atoms with Gasteiger partial charge in [0.15, 0.2) is 17.6 Å². The van der Waals surface area contributed by atoms with Crippen LogP contribution in [0.15, 0.2) is 39.4 Å². The third-order valence-corrected chi connectivity index (χ3v) is 3.06.